The Morgan fingerprint density at radius 2 is 1.88 bits per heavy atom. The molecular weight excluding hydrogens is 418 g/mol. The summed E-state index contributed by atoms with van der Waals surface area (Å²) >= 11 is 5.78. The van der Waals surface area contributed by atoms with Gasteiger partial charge in [0.05, 0.1) is 24.9 Å². The summed E-state index contributed by atoms with van der Waals surface area (Å²) in [6.45, 7) is 7.00. The monoisotopic (exact) mass is 445 g/mol. The summed E-state index contributed by atoms with van der Waals surface area (Å²) in [5, 5.41) is 4.94. The highest BCUT2D eigenvalue weighted by Crippen LogP contribution is 2.21. The molecule has 0 bridgehead atoms. The predicted octanol–water partition coefficient (Wildman–Crippen LogP) is 5.70. The second-order valence-electron chi connectivity index (χ2n) is 8.05. The summed E-state index contributed by atoms with van der Waals surface area (Å²) in [5.74, 6) is 0.779. The zero-order valence-electron chi connectivity index (χ0n) is 18.6. The van der Waals surface area contributed by atoms with Gasteiger partial charge in [-0.2, -0.15) is 0 Å². The van der Waals surface area contributed by atoms with Crippen molar-refractivity contribution in [1.29, 1.82) is 0 Å². The number of hydrogen-bond acceptors (Lipinski definition) is 3. The van der Waals surface area contributed by atoms with Crippen LogP contribution in [0.3, 0.4) is 0 Å². The molecule has 0 atom stereocenters. The first-order valence-corrected chi connectivity index (χ1v) is 11.1. The number of hydrogen-bond donors (Lipinski definition) is 2. The minimum atomic E-state index is -0.106. The van der Waals surface area contributed by atoms with Crippen LogP contribution in [0.1, 0.15) is 34.9 Å². The first-order valence-electron chi connectivity index (χ1n) is 10.7. The molecule has 0 aliphatic heterocycles. The van der Waals surface area contributed by atoms with E-state index in [1.165, 1.54) is 5.56 Å². The topological polar surface area (TPSA) is 61.3 Å². The molecule has 0 unspecified atom stereocenters. The van der Waals surface area contributed by atoms with Gasteiger partial charge < -0.3 is 19.6 Å². The van der Waals surface area contributed by atoms with Crippen molar-refractivity contribution in [1.82, 2.24) is 9.88 Å². The maximum atomic E-state index is 12.9. The van der Waals surface area contributed by atoms with E-state index in [2.05, 4.69) is 42.3 Å². The molecular formula is C26H27N3O2S. The molecule has 0 saturated heterocycles. The molecule has 4 rings (SSSR count). The number of fused-ring (bicyclic) bond motifs is 1. The lowest BCUT2D eigenvalue weighted by molar-refractivity contribution is 0.359. The lowest BCUT2D eigenvalue weighted by Crippen LogP contribution is -2.35. The number of benzene rings is 2. The highest BCUT2D eigenvalue weighted by molar-refractivity contribution is 7.80. The number of rotatable bonds is 6. The van der Waals surface area contributed by atoms with Gasteiger partial charge in [-0.3, -0.25) is 4.79 Å². The van der Waals surface area contributed by atoms with E-state index < -0.39 is 0 Å². The summed E-state index contributed by atoms with van der Waals surface area (Å²) in [7, 11) is 0. The number of aromatic amines is 1. The Morgan fingerprint density at radius 3 is 2.62 bits per heavy atom. The van der Waals surface area contributed by atoms with Gasteiger partial charge >= 0.3 is 0 Å². The number of furan rings is 1. The zero-order chi connectivity index (χ0) is 22.7. The van der Waals surface area contributed by atoms with Crippen molar-refractivity contribution in [2.24, 2.45) is 0 Å². The smallest absolute Gasteiger partial charge is 0.253 e. The molecule has 2 aromatic heterocycles. The van der Waals surface area contributed by atoms with Crippen LogP contribution in [0.4, 0.5) is 5.69 Å². The van der Waals surface area contributed by atoms with Crippen molar-refractivity contribution >= 4 is 33.9 Å². The summed E-state index contributed by atoms with van der Waals surface area (Å²) in [6.07, 6.45) is 2.54. The molecule has 32 heavy (non-hydrogen) atoms. The Bertz CT molecular complexity index is 1310. The van der Waals surface area contributed by atoms with Crippen molar-refractivity contribution in [2.45, 2.75) is 40.3 Å². The largest absolute Gasteiger partial charge is 0.467 e. The van der Waals surface area contributed by atoms with Crippen LogP contribution in [-0.2, 0) is 19.5 Å². The van der Waals surface area contributed by atoms with Gasteiger partial charge in [0.25, 0.3) is 5.56 Å². The van der Waals surface area contributed by atoms with Crippen LogP contribution >= 0.6 is 12.2 Å². The summed E-state index contributed by atoms with van der Waals surface area (Å²) in [4.78, 5) is 17.9. The fourth-order valence-electron chi connectivity index (χ4n) is 3.99. The van der Waals surface area contributed by atoms with E-state index in [1.54, 1.807) is 6.26 Å². The quantitative estimate of drug-likeness (QED) is 0.373. The third-order valence-corrected chi connectivity index (χ3v) is 5.95. The maximum Gasteiger partial charge on any atom is 0.253 e. The number of para-hydroxylation sites is 1. The van der Waals surface area contributed by atoms with Crippen LogP contribution in [0.15, 0.2) is 70.1 Å². The molecule has 0 saturated carbocycles. The molecule has 0 amide bonds. The molecule has 2 N–H and O–H groups in total. The third kappa shape index (κ3) is 4.75. The first-order chi connectivity index (χ1) is 15.4. The van der Waals surface area contributed by atoms with Crippen LogP contribution in [0, 0.1) is 13.8 Å². The number of thiocarbonyl (C=S) groups is 1. The fourth-order valence-corrected chi connectivity index (χ4v) is 4.23. The van der Waals surface area contributed by atoms with Gasteiger partial charge in [0.1, 0.15) is 5.76 Å². The minimum Gasteiger partial charge on any atom is -0.467 e. The van der Waals surface area contributed by atoms with Crippen LogP contribution in [0.25, 0.3) is 10.9 Å². The summed E-state index contributed by atoms with van der Waals surface area (Å²) < 4.78 is 5.56. The zero-order valence-corrected chi connectivity index (χ0v) is 19.4. The van der Waals surface area contributed by atoms with Gasteiger partial charge in [-0.15, -0.1) is 0 Å². The number of H-pyrrole nitrogens is 1. The van der Waals surface area contributed by atoms with Crippen molar-refractivity contribution < 1.29 is 4.42 Å². The van der Waals surface area contributed by atoms with E-state index in [0.717, 1.165) is 39.9 Å². The molecule has 0 aliphatic carbocycles. The first kappa shape index (κ1) is 21.8. The molecule has 0 radical (unpaired) electrons. The Labute approximate surface area is 193 Å². The number of aryl methyl sites for hydroxylation is 3. The maximum absolute atomic E-state index is 12.9. The average molecular weight is 446 g/mol. The second kappa shape index (κ2) is 9.40. The summed E-state index contributed by atoms with van der Waals surface area (Å²) in [5.41, 5.74) is 5.80. The van der Waals surface area contributed by atoms with Crippen LogP contribution < -0.4 is 10.9 Å². The number of nitrogens with zero attached hydrogens (tertiary/aromatic N) is 1. The Kier molecular flexibility index (Phi) is 6.42. The van der Waals surface area contributed by atoms with Crippen LogP contribution in [0.5, 0.6) is 0 Å². The summed E-state index contributed by atoms with van der Waals surface area (Å²) in [6, 6.07) is 18.0. The van der Waals surface area contributed by atoms with Crippen molar-refractivity contribution in [3.8, 4) is 0 Å². The molecule has 2 heterocycles. The fraction of sp³-hybridized carbons (Fsp3) is 0.231. The highest BCUT2D eigenvalue weighted by Gasteiger charge is 2.17. The average Bonchev–Trinajstić information content (AvgIpc) is 3.28. The number of nitrogens with one attached hydrogen (secondary N) is 2. The lowest BCUT2D eigenvalue weighted by atomic mass is 10.1. The van der Waals surface area contributed by atoms with Gasteiger partial charge in [-0.25, -0.2) is 0 Å². The Hall–Kier alpha value is -3.38. The second-order valence-corrected chi connectivity index (χ2v) is 8.43. The van der Waals surface area contributed by atoms with E-state index in [9.17, 15) is 4.79 Å². The molecule has 0 spiro atoms. The molecule has 164 valence electrons. The number of aromatic nitrogens is 1. The molecule has 4 aromatic rings. The lowest BCUT2D eigenvalue weighted by Gasteiger charge is -2.26. The Morgan fingerprint density at radius 1 is 1.06 bits per heavy atom. The van der Waals surface area contributed by atoms with Crippen molar-refractivity contribution in [3.63, 3.8) is 0 Å². The molecule has 5 nitrogen and oxygen atoms in total. The van der Waals surface area contributed by atoms with E-state index in [4.69, 9.17) is 16.6 Å². The SMILES string of the molecule is CCc1ccccc1NC(=S)N(Cc1ccco1)Cc1cc2cc(C)cc(C)c2[nH]c1=O. The third-order valence-electron chi connectivity index (χ3n) is 5.59. The predicted molar refractivity (Wildman–Crippen MR) is 134 cm³/mol. The van der Waals surface area contributed by atoms with E-state index in [1.807, 2.05) is 48.2 Å². The number of pyridine rings is 1. The van der Waals surface area contributed by atoms with Crippen LogP contribution in [0.2, 0.25) is 0 Å². The van der Waals surface area contributed by atoms with Gasteiger partial charge in [0, 0.05) is 11.3 Å². The minimum absolute atomic E-state index is 0.106. The van der Waals surface area contributed by atoms with Crippen molar-refractivity contribution in [3.05, 3.63) is 99.2 Å². The Balaban J connectivity index is 1.67. The number of anilines is 1. The molecule has 2 aromatic carbocycles. The van der Waals surface area contributed by atoms with E-state index >= 15 is 0 Å². The van der Waals surface area contributed by atoms with Gasteiger partial charge in [0.2, 0.25) is 0 Å². The molecule has 0 fully saturated rings. The molecule has 0 aliphatic rings. The van der Waals surface area contributed by atoms with Crippen LogP contribution in [-0.4, -0.2) is 15.0 Å². The van der Waals surface area contributed by atoms with Gasteiger partial charge in [0.15, 0.2) is 5.11 Å². The standard InChI is InChI=1S/C26H27N3O2S/c1-4-19-8-5-6-10-23(19)27-26(32)29(16-22-9-7-11-31-22)15-21-14-20-13-17(2)12-18(3)24(20)28-25(21)30/h5-14H,4,15-16H2,1-3H3,(H,27,32)(H,28,30). The van der Waals surface area contributed by atoms with Gasteiger partial charge in [-0.05, 0) is 79.3 Å². The molecule has 6 heteroatoms. The van der Waals surface area contributed by atoms with Crippen molar-refractivity contribution in [2.75, 3.05) is 5.32 Å². The highest BCUT2D eigenvalue weighted by atomic mass is 32.1. The van der Waals surface area contributed by atoms with Gasteiger partial charge in [-0.1, -0.05) is 36.8 Å². The van der Waals surface area contributed by atoms with E-state index in [-0.39, 0.29) is 5.56 Å². The van der Waals surface area contributed by atoms with E-state index in [0.29, 0.717) is 23.8 Å². The normalized spacial score (nSPS) is 11.0.